The van der Waals surface area contributed by atoms with E-state index < -0.39 is 5.44 Å². The molecule has 0 saturated carbocycles. The van der Waals surface area contributed by atoms with Crippen LogP contribution in [-0.4, -0.2) is 15.4 Å². The Hall–Kier alpha value is -1.30. The van der Waals surface area contributed by atoms with Gasteiger partial charge in [-0.2, -0.15) is 13.8 Å². The second-order valence-corrected chi connectivity index (χ2v) is 3.17. The minimum absolute atomic E-state index is 0.244. The molecular formula is C8H6F2N2OS. The molecule has 3 nitrogen and oxygen atoms in total. The number of imidazole rings is 1. The molecule has 2 aromatic rings. The molecule has 0 fully saturated rings. The summed E-state index contributed by atoms with van der Waals surface area (Å²) in [6.45, 7) is 0. The highest BCUT2D eigenvalue weighted by Crippen LogP contribution is 2.24. The predicted octanol–water partition coefficient (Wildman–Crippen LogP) is 2.42. The Morgan fingerprint density at radius 3 is 2.71 bits per heavy atom. The largest absolute Gasteiger partial charge is 0.452 e. The lowest BCUT2D eigenvalue weighted by molar-refractivity contribution is -0.0907. The Balaban J connectivity index is 2.36. The third kappa shape index (κ3) is 1.95. The number of nitrogens with one attached hydrogen (secondary N) is 1. The molecule has 0 amide bonds. The summed E-state index contributed by atoms with van der Waals surface area (Å²) in [5, 5.41) is 0. The van der Waals surface area contributed by atoms with Crippen molar-refractivity contribution in [3.8, 4) is 6.01 Å². The van der Waals surface area contributed by atoms with Crippen LogP contribution in [0.15, 0.2) is 24.3 Å². The number of nitrogens with zero attached hydrogens (tertiary/aromatic N) is 1. The fourth-order valence-electron chi connectivity index (χ4n) is 1.09. The van der Waals surface area contributed by atoms with Gasteiger partial charge in [-0.05, 0) is 12.1 Å². The van der Waals surface area contributed by atoms with Crippen molar-refractivity contribution < 1.29 is 13.5 Å². The van der Waals surface area contributed by atoms with E-state index in [4.69, 9.17) is 0 Å². The van der Waals surface area contributed by atoms with Crippen LogP contribution in [0, 0.1) is 0 Å². The number of rotatable bonds is 2. The maximum atomic E-state index is 12.3. The van der Waals surface area contributed by atoms with Crippen LogP contribution in [0.5, 0.6) is 6.01 Å². The van der Waals surface area contributed by atoms with E-state index in [9.17, 15) is 8.78 Å². The number of halogens is 2. The summed E-state index contributed by atoms with van der Waals surface area (Å²) in [6, 6.07) is 6.68. The fourth-order valence-corrected chi connectivity index (χ4v) is 1.18. The highest BCUT2D eigenvalue weighted by atomic mass is 32.1. The highest BCUT2D eigenvalue weighted by molar-refractivity contribution is 7.81. The number of aromatic amines is 1. The van der Waals surface area contributed by atoms with Crippen molar-refractivity contribution in [3.05, 3.63) is 24.3 Å². The van der Waals surface area contributed by atoms with Crippen molar-refractivity contribution in [3.63, 3.8) is 0 Å². The lowest BCUT2D eigenvalue weighted by Crippen LogP contribution is -2.16. The molecule has 0 atom stereocenters. The number of hydrogen-bond acceptors (Lipinski definition) is 3. The fraction of sp³-hybridized carbons (Fsp3) is 0.125. The minimum atomic E-state index is -3.52. The Labute approximate surface area is 83.5 Å². The molecule has 0 aliphatic carbocycles. The standard InChI is InChI=1S/C8H6F2N2OS/c9-8(10,14)13-7-11-5-3-1-2-4-6(5)12-7/h1-4,14H,(H,11,12). The molecule has 0 aliphatic rings. The van der Waals surface area contributed by atoms with Crippen LogP contribution in [0.2, 0.25) is 0 Å². The van der Waals surface area contributed by atoms with Crippen molar-refractivity contribution in [2.45, 2.75) is 5.44 Å². The zero-order chi connectivity index (χ0) is 10.2. The molecule has 0 bridgehead atoms. The first-order valence-corrected chi connectivity index (χ1v) is 4.23. The number of alkyl halides is 2. The first-order valence-electron chi connectivity index (χ1n) is 3.78. The molecule has 0 aliphatic heterocycles. The summed E-state index contributed by atoms with van der Waals surface area (Å²) >= 11 is 2.93. The number of thiol groups is 1. The molecule has 0 unspecified atom stereocenters. The van der Waals surface area contributed by atoms with E-state index in [0.717, 1.165) is 0 Å². The second-order valence-electron chi connectivity index (χ2n) is 2.65. The summed E-state index contributed by atoms with van der Waals surface area (Å²) in [4.78, 5) is 6.38. The predicted molar refractivity (Wildman–Crippen MR) is 50.7 cm³/mol. The average molecular weight is 216 g/mol. The topological polar surface area (TPSA) is 37.9 Å². The van der Waals surface area contributed by atoms with Crippen LogP contribution in [0.25, 0.3) is 11.0 Å². The monoisotopic (exact) mass is 216 g/mol. The first-order chi connectivity index (χ1) is 6.54. The van der Waals surface area contributed by atoms with E-state index in [1.54, 1.807) is 24.3 Å². The van der Waals surface area contributed by atoms with E-state index in [1.165, 1.54) is 0 Å². The van der Waals surface area contributed by atoms with Crippen molar-refractivity contribution in [1.82, 2.24) is 9.97 Å². The summed E-state index contributed by atoms with van der Waals surface area (Å²) in [7, 11) is 0. The van der Waals surface area contributed by atoms with Gasteiger partial charge in [-0.15, -0.1) is 0 Å². The number of H-pyrrole nitrogens is 1. The van der Waals surface area contributed by atoms with Gasteiger partial charge in [-0.25, -0.2) is 0 Å². The number of aromatic nitrogens is 2. The van der Waals surface area contributed by atoms with E-state index in [1.807, 2.05) is 0 Å². The maximum Gasteiger partial charge on any atom is 0.452 e. The quantitative estimate of drug-likeness (QED) is 0.597. The summed E-state index contributed by atoms with van der Waals surface area (Å²) < 4.78 is 28.8. The molecular weight excluding hydrogens is 210 g/mol. The average Bonchev–Trinajstić information content (AvgIpc) is 2.42. The molecule has 74 valence electrons. The zero-order valence-electron chi connectivity index (χ0n) is 6.87. The molecule has 0 spiro atoms. The summed E-state index contributed by atoms with van der Waals surface area (Å²) in [6.07, 6.45) is 0. The van der Waals surface area contributed by atoms with E-state index >= 15 is 0 Å². The molecule has 0 saturated heterocycles. The molecule has 0 radical (unpaired) electrons. The maximum absolute atomic E-state index is 12.3. The Bertz CT molecular complexity index is 419. The van der Waals surface area contributed by atoms with Gasteiger partial charge in [0.1, 0.15) is 0 Å². The molecule has 1 N–H and O–H groups in total. The number of para-hydroxylation sites is 2. The Morgan fingerprint density at radius 2 is 2.07 bits per heavy atom. The highest BCUT2D eigenvalue weighted by Gasteiger charge is 2.26. The van der Waals surface area contributed by atoms with Gasteiger partial charge in [0.2, 0.25) is 0 Å². The Kier molecular flexibility index (Phi) is 2.07. The number of ether oxygens (including phenoxy) is 1. The molecule has 1 aromatic heterocycles. The number of benzene rings is 1. The van der Waals surface area contributed by atoms with Gasteiger partial charge in [0.25, 0.3) is 6.01 Å². The van der Waals surface area contributed by atoms with Crippen molar-refractivity contribution in [1.29, 1.82) is 0 Å². The van der Waals surface area contributed by atoms with Gasteiger partial charge >= 0.3 is 5.44 Å². The normalized spacial score (nSPS) is 11.9. The van der Waals surface area contributed by atoms with Crippen molar-refractivity contribution >= 4 is 23.7 Å². The van der Waals surface area contributed by atoms with Crippen molar-refractivity contribution in [2.24, 2.45) is 0 Å². The minimum Gasteiger partial charge on any atom is -0.391 e. The number of fused-ring (bicyclic) bond motifs is 1. The third-order valence-corrected chi connectivity index (χ3v) is 1.68. The zero-order valence-corrected chi connectivity index (χ0v) is 7.76. The van der Waals surface area contributed by atoms with Crippen LogP contribution < -0.4 is 4.74 Å². The Morgan fingerprint density at radius 1 is 1.36 bits per heavy atom. The lowest BCUT2D eigenvalue weighted by atomic mass is 10.3. The van der Waals surface area contributed by atoms with E-state index in [-0.39, 0.29) is 6.01 Å². The molecule has 1 aromatic carbocycles. The van der Waals surface area contributed by atoms with E-state index in [0.29, 0.717) is 11.0 Å². The lowest BCUT2D eigenvalue weighted by Gasteiger charge is -2.07. The second kappa shape index (κ2) is 3.13. The molecule has 14 heavy (non-hydrogen) atoms. The van der Waals surface area contributed by atoms with Gasteiger partial charge < -0.3 is 9.72 Å². The van der Waals surface area contributed by atoms with Crippen LogP contribution in [-0.2, 0) is 0 Å². The molecule has 1 heterocycles. The first kappa shape index (κ1) is 9.26. The summed E-state index contributed by atoms with van der Waals surface area (Å²) in [5.41, 5.74) is -2.31. The van der Waals surface area contributed by atoms with Crippen molar-refractivity contribution in [2.75, 3.05) is 0 Å². The SMILES string of the molecule is FC(F)(S)Oc1nc2ccccc2[nH]1. The molecule has 2 rings (SSSR count). The third-order valence-electron chi connectivity index (χ3n) is 1.59. The van der Waals surface area contributed by atoms with Gasteiger partial charge in [0, 0.05) is 0 Å². The smallest absolute Gasteiger partial charge is 0.391 e. The van der Waals surface area contributed by atoms with Gasteiger partial charge in [0.05, 0.1) is 11.0 Å². The van der Waals surface area contributed by atoms with Crippen LogP contribution >= 0.6 is 12.6 Å². The van der Waals surface area contributed by atoms with Gasteiger partial charge in [-0.3, -0.25) is 0 Å². The molecule has 6 heteroatoms. The van der Waals surface area contributed by atoms with Crippen LogP contribution in [0.1, 0.15) is 0 Å². The van der Waals surface area contributed by atoms with Crippen LogP contribution in [0.4, 0.5) is 8.78 Å². The van der Waals surface area contributed by atoms with Gasteiger partial charge in [0.15, 0.2) is 0 Å². The van der Waals surface area contributed by atoms with Crippen LogP contribution in [0.3, 0.4) is 0 Å². The van der Waals surface area contributed by atoms with Gasteiger partial charge in [-0.1, -0.05) is 24.8 Å². The summed E-state index contributed by atoms with van der Waals surface area (Å²) in [5.74, 6) is 0. The number of hydrogen-bond donors (Lipinski definition) is 2. The van der Waals surface area contributed by atoms with E-state index in [2.05, 4.69) is 27.3 Å².